The van der Waals surface area contributed by atoms with E-state index in [2.05, 4.69) is 31.4 Å². The summed E-state index contributed by atoms with van der Waals surface area (Å²) in [5.41, 5.74) is 0.821. The molecule has 1 heterocycles. The van der Waals surface area contributed by atoms with E-state index in [0.29, 0.717) is 11.8 Å². The van der Waals surface area contributed by atoms with Crippen LogP contribution in [0.1, 0.15) is 25.8 Å². The van der Waals surface area contributed by atoms with Crippen LogP contribution in [0.15, 0.2) is 27.1 Å². The van der Waals surface area contributed by atoms with Gasteiger partial charge in [0.05, 0.1) is 18.7 Å². The highest BCUT2D eigenvalue weighted by atomic mass is 79.9. The first-order valence-corrected chi connectivity index (χ1v) is 6.85. The predicted molar refractivity (Wildman–Crippen MR) is 76.1 cm³/mol. The highest BCUT2D eigenvalue weighted by Crippen LogP contribution is 2.31. The Morgan fingerprint density at radius 3 is 2.89 bits per heavy atom. The lowest BCUT2D eigenvalue weighted by Crippen LogP contribution is -2.17. The van der Waals surface area contributed by atoms with Crippen LogP contribution in [0.5, 0.6) is 5.75 Å². The number of hydrogen-bond acceptors (Lipinski definition) is 5. The molecule has 0 aliphatic heterocycles. The van der Waals surface area contributed by atoms with Crippen molar-refractivity contribution in [2.24, 2.45) is 0 Å². The van der Waals surface area contributed by atoms with Crippen molar-refractivity contribution < 1.29 is 9.15 Å². The van der Waals surface area contributed by atoms with Crippen LogP contribution in [0.2, 0.25) is 0 Å². The molecule has 0 aliphatic carbocycles. The van der Waals surface area contributed by atoms with Crippen LogP contribution in [0.4, 0.5) is 0 Å². The molecular weight excluding hydrogens is 310 g/mol. The molecule has 0 saturated heterocycles. The molecule has 0 fully saturated rings. The average molecular weight is 326 g/mol. The Morgan fingerprint density at radius 2 is 2.21 bits per heavy atom. The molecule has 1 atom stereocenters. The van der Waals surface area contributed by atoms with Crippen LogP contribution >= 0.6 is 15.9 Å². The largest absolute Gasteiger partial charge is 0.497 e. The molecule has 1 N–H and O–H groups in total. The fourth-order valence-corrected chi connectivity index (χ4v) is 2.12. The number of benzene rings is 1. The summed E-state index contributed by atoms with van der Waals surface area (Å²) in [5, 5.41) is 11.4. The molecule has 2 rings (SSSR count). The Hall–Kier alpha value is -1.40. The summed E-state index contributed by atoms with van der Waals surface area (Å²) in [6, 6.07) is 5.66. The number of ether oxygens (including phenoxy) is 1. The molecule has 0 spiro atoms. The average Bonchev–Trinajstić information content (AvgIpc) is 2.89. The monoisotopic (exact) mass is 325 g/mol. The van der Waals surface area contributed by atoms with Crippen molar-refractivity contribution in [2.75, 3.05) is 13.7 Å². The Morgan fingerprint density at radius 1 is 1.42 bits per heavy atom. The first-order valence-electron chi connectivity index (χ1n) is 6.06. The van der Waals surface area contributed by atoms with Gasteiger partial charge in [0, 0.05) is 4.47 Å². The molecule has 5 nitrogen and oxygen atoms in total. The second kappa shape index (κ2) is 6.16. The molecule has 0 aliphatic rings. The number of nitrogens with one attached hydrogen (secondary N) is 1. The molecule has 0 amide bonds. The van der Waals surface area contributed by atoms with Gasteiger partial charge in [0.1, 0.15) is 5.75 Å². The highest BCUT2D eigenvalue weighted by molar-refractivity contribution is 9.10. The van der Waals surface area contributed by atoms with Gasteiger partial charge in [0.25, 0.3) is 0 Å². The molecule has 0 saturated carbocycles. The minimum atomic E-state index is 0.0376. The molecule has 1 aromatic heterocycles. The van der Waals surface area contributed by atoms with Gasteiger partial charge < -0.3 is 14.5 Å². The molecule has 0 radical (unpaired) electrons. The van der Waals surface area contributed by atoms with E-state index in [9.17, 15) is 0 Å². The third-order valence-electron chi connectivity index (χ3n) is 2.73. The molecular formula is C13H16BrN3O2. The third-order valence-corrected chi connectivity index (χ3v) is 3.42. The van der Waals surface area contributed by atoms with Gasteiger partial charge in [-0.25, -0.2) is 0 Å². The first-order chi connectivity index (χ1) is 9.15. The van der Waals surface area contributed by atoms with Crippen LogP contribution in [-0.2, 0) is 0 Å². The SMILES string of the molecule is CCNC(C)c1nnc(-c2cc(OC)ccc2Br)o1. The Labute approximate surface area is 120 Å². The van der Waals surface area contributed by atoms with Crippen molar-refractivity contribution in [2.45, 2.75) is 19.9 Å². The molecule has 102 valence electrons. The topological polar surface area (TPSA) is 60.2 Å². The summed E-state index contributed by atoms with van der Waals surface area (Å²) in [7, 11) is 1.62. The van der Waals surface area contributed by atoms with Crippen LogP contribution < -0.4 is 10.1 Å². The number of methoxy groups -OCH3 is 1. The molecule has 0 bridgehead atoms. The maximum Gasteiger partial charge on any atom is 0.249 e. The number of hydrogen-bond donors (Lipinski definition) is 1. The fraction of sp³-hybridized carbons (Fsp3) is 0.385. The third kappa shape index (κ3) is 3.13. The lowest BCUT2D eigenvalue weighted by molar-refractivity contribution is 0.413. The number of nitrogens with zero attached hydrogens (tertiary/aromatic N) is 2. The van der Waals surface area contributed by atoms with Crippen molar-refractivity contribution in [3.63, 3.8) is 0 Å². The number of halogens is 1. The minimum Gasteiger partial charge on any atom is -0.497 e. The molecule has 1 aromatic carbocycles. The summed E-state index contributed by atoms with van der Waals surface area (Å²) in [4.78, 5) is 0. The van der Waals surface area contributed by atoms with Crippen molar-refractivity contribution in [1.29, 1.82) is 0 Å². The van der Waals surface area contributed by atoms with E-state index in [1.807, 2.05) is 32.0 Å². The summed E-state index contributed by atoms with van der Waals surface area (Å²) < 4.78 is 11.8. The van der Waals surface area contributed by atoms with E-state index in [1.54, 1.807) is 7.11 Å². The van der Waals surface area contributed by atoms with Crippen LogP contribution in [0, 0.1) is 0 Å². The van der Waals surface area contributed by atoms with E-state index in [0.717, 1.165) is 22.3 Å². The summed E-state index contributed by atoms with van der Waals surface area (Å²) in [6.45, 7) is 4.87. The van der Waals surface area contributed by atoms with Gasteiger partial charge >= 0.3 is 0 Å². The second-order valence-electron chi connectivity index (χ2n) is 4.07. The van der Waals surface area contributed by atoms with E-state index in [4.69, 9.17) is 9.15 Å². The zero-order valence-corrected chi connectivity index (χ0v) is 12.7. The van der Waals surface area contributed by atoms with Crippen LogP contribution in [0.3, 0.4) is 0 Å². The smallest absolute Gasteiger partial charge is 0.249 e. The lowest BCUT2D eigenvalue weighted by Gasteiger charge is -2.06. The van der Waals surface area contributed by atoms with Gasteiger partial charge in [0.15, 0.2) is 0 Å². The zero-order chi connectivity index (χ0) is 13.8. The summed E-state index contributed by atoms with van der Waals surface area (Å²) in [6.07, 6.45) is 0. The van der Waals surface area contributed by atoms with Gasteiger partial charge in [-0.3, -0.25) is 0 Å². The standard InChI is InChI=1S/C13H16BrN3O2/c1-4-15-8(2)12-16-17-13(19-12)10-7-9(18-3)5-6-11(10)14/h5-8,15H,4H2,1-3H3. The van der Waals surface area contributed by atoms with Crippen LogP contribution in [-0.4, -0.2) is 23.9 Å². The molecule has 19 heavy (non-hydrogen) atoms. The van der Waals surface area contributed by atoms with Crippen LogP contribution in [0.25, 0.3) is 11.5 Å². The summed E-state index contributed by atoms with van der Waals surface area (Å²) >= 11 is 3.47. The van der Waals surface area contributed by atoms with Crippen molar-refractivity contribution in [1.82, 2.24) is 15.5 Å². The van der Waals surface area contributed by atoms with Crippen molar-refractivity contribution >= 4 is 15.9 Å². The Kier molecular flexibility index (Phi) is 4.55. The number of rotatable bonds is 5. The fourth-order valence-electron chi connectivity index (χ4n) is 1.71. The number of aromatic nitrogens is 2. The van der Waals surface area contributed by atoms with Gasteiger partial charge in [-0.05, 0) is 47.6 Å². The molecule has 1 unspecified atom stereocenters. The second-order valence-corrected chi connectivity index (χ2v) is 4.92. The lowest BCUT2D eigenvalue weighted by atomic mass is 10.2. The van der Waals surface area contributed by atoms with Gasteiger partial charge in [-0.15, -0.1) is 10.2 Å². The van der Waals surface area contributed by atoms with E-state index in [1.165, 1.54) is 0 Å². The maximum absolute atomic E-state index is 5.69. The minimum absolute atomic E-state index is 0.0376. The predicted octanol–water partition coefficient (Wildman–Crippen LogP) is 3.18. The first kappa shape index (κ1) is 14.0. The normalized spacial score (nSPS) is 12.4. The quantitative estimate of drug-likeness (QED) is 0.914. The highest BCUT2D eigenvalue weighted by Gasteiger charge is 2.16. The Balaban J connectivity index is 2.32. The van der Waals surface area contributed by atoms with E-state index >= 15 is 0 Å². The van der Waals surface area contributed by atoms with E-state index in [-0.39, 0.29) is 6.04 Å². The van der Waals surface area contributed by atoms with Gasteiger partial charge in [0.2, 0.25) is 11.8 Å². The molecule has 2 aromatic rings. The maximum atomic E-state index is 5.69. The van der Waals surface area contributed by atoms with Crippen molar-refractivity contribution in [3.05, 3.63) is 28.6 Å². The van der Waals surface area contributed by atoms with Gasteiger partial charge in [-0.2, -0.15) is 0 Å². The van der Waals surface area contributed by atoms with Gasteiger partial charge in [-0.1, -0.05) is 6.92 Å². The van der Waals surface area contributed by atoms with E-state index < -0.39 is 0 Å². The summed E-state index contributed by atoms with van der Waals surface area (Å²) in [5.74, 6) is 1.80. The molecule has 6 heteroatoms. The Bertz CT molecular complexity index is 557. The zero-order valence-electron chi connectivity index (χ0n) is 11.1. The van der Waals surface area contributed by atoms with Crippen molar-refractivity contribution in [3.8, 4) is 17.2 Å².